The summed E-state index contributed by atoms with van der Waals surface area (Å²) in [7, 11) is 1.66. The van der Waals surface area contributed by atoms with Gasteiger partial charge in [0.2, 0.25) is 5.91 Å². The quantitative estimate of drug-likeness (QED) is 0.654. The number of pyridine rings is 2. The number of carbonyl (C=O) groups is 3. The maximum atomic E-state index is 12.9. The number of hydrogen-bond donors (Lipinski definition) is 1. The van der Waals surface area contributed by atoms with Crippen LogP contribution < -0.4 is 10.2 Å². The van der Waals surface area contributed by atoms with Crippen LogP contribution in [-0.4, -0.2) is 51.8 Å². The van der Waals surface area contributed by atoms with Crippen molar-refractivity contribution in [2.75, 3.05) is 11.9 Å². The van der Waals surface area contributed by atoms with Crippen LogP contribution in [0.15, 0.2) is 49.1 Å². The largest absolute Gasteiger partial charge is 0.334 e. The Morgan fingerprint density at radius 3 is 2.03 bits per heavy atom. The highest BCUT2D eigenvalue weighted by Gasteiger charge is 2.48. The minimum atomic E-state index is -0.725. The van der Waals surface area contributed by atoms with E-state index in [1.165, 1.54) is 29.7 Å². The summed E-state index contributed by atoms with van der Waals surface area (Å²) in [6.07, 6.45) is 15.1. The number of aryl methyl sites for hydroxylation is 1. The summed E-state index contributed by atoms with van der Waals surface area (Å²) >= 11 is 0. The van der Waals surface area contributed by atoms with E-state index in [9.17, 15) is 14.4 Å². The summed E-state index contributed by atoms with van der Waals surface area (Å²) < 4.78 is 0. The number of nitrogens with zero attached hydrogens (tertiary/aromatic N) is 4. The third kappa shape index (κ3) is 6.24. The van der Waals surface area contributed by atoms with Crippen molar-refractivity contribution in [2.24, 2.45) is 11.8 Å². The Kier molecular flexibility index (Phi) is 8.10. The summed E-state index contributed by atoms with van der Waals surface area (Å²) in [6, 6.07) is 6.41. The van der Waals surface area contributed by atoms with Crippen molar-refractivity contribution in [2.45, 2.75) is 70.4 Å². The third-order valence-corrected chi connectivity index (χ3v) is 7.26. The molecule has 3 aliphatic rings. The lowest BCUT2D eigenvalue weighted by Crippen LogP contribution is -2.65. The molecule has 1 N–H and O–H groups in total. The molecule has 2 saturated carbocycles. The van der Waals surface area contributed by atoms with Gasteiger partial charge in [0.25, 0.3) is 5.91 Å². The number of β-lactam (4-membered cyclic amide) rings is 1. The molecule has 0 aromatic carbocycles. The second kappa shape index (κ2) is 11.4. The second-order valence-electron chi connectivity index (χ2n) is 9.82. The molecule has 2 unspecified atom stereocenters. The fraction of sp³-hybridized carbons (Fsp3) is 0.519. The second-order valence-corrected chi connectivity index (χ2v) is 9.82. The number of urea groups is 1. The van der Waals surface area contributed by atoms with E-state index < -0.39 is 12.1 Å². The molecular formula is C27H35N5O3. The van der Waals surface area contributed by atoms with Crippen LogP contribution in [0.1, 0.15) is 56.9 Å². The number of aromatic nitrogens is 2. The average molecular weight is 478 g/mol. The van der Waals surface area contributed by atoms with Gasteiger partial charge < -0.3 is 10.2 Å². The predicted octanol–water partition coefficient (Wildman–Crippen LogP) is 4.10. The summed E-state index contributed by atoms with van der Waals surface area (Å²) in [6.45, 7) is 2.04. The molecule has 2 aromatic rings. The molecular weight excluding hydrogens is 442 g/mol. The first-order valence-electron chi connectivity index (χ1n) is 12.6. The highest BCUT2D eigenvalue weighted by atomic mass is 16.2. The van der Waals surface area contributed by atoms with Crippen LogP contribution in [0.25, 0.3) is 0 Å². The Hall–Kier alpha value is -3.29. The van der Waals surface area contributed by atoms with Crippen molar-refractivity contribution in [3.8, 4) is 0 Å². The first-order valence-corrected chi connectivity index (χ1v) is 12.6. The van der Waals surface area contributed by atoms with Crippen LogP contribution in [0.3, 0.4) is 0 Å². The lowest BCUT2D eigenvalue weighted by molar-refractivity contribution is -0.147. The molecule has 3 heterocycles. The molecule has 8 heteroatoms. The van der Waals surface area contributed by atoms with Gasteiger partial charge in [0.1, 0.15) is 6.04 Å². The minimum absolute atomic E-state index is 0.0825. The van der Waals surface area contributed by atoms with E-state index >= 15 is 0 Å². The molecule has 1 saturated heterocycles. The van der Waals surface area contributed by atoms with Crippen molar-refractivity contribution < 1.29 is 14.4 Å². The number of hydrogen-bond acceptors (Lipinski definition) is 5. The van der Waals surface area contributed by atoms with Gasteiger partial charge >= 0.3 is 6.03 Å². The van der Waals surface area contributed by atoms with Crippen molar-refractivity contribution >= 4 is 23.5 Å². The minimum Gasteiger partial charge on any atom is -0.334 e. The SMILES string of the molecule is CN(C(=O)C1CC(=O)N1C(=O)NC(C1CCCCC1)C1CC1)c1ccncc1.Cc1ccncc1. The van der Waals surface area contributed by atoms with Gasteiger partial charge in [-0.15, -0.1) is 0 Å². The van der Waals surface area contributed by atoms with Crippen LogP contribution in [0.2, 0.25) is 0 Å². The third-order valence-electron chi connectivity index (χ3n) is 7.26. The van der Waals surface area contributed by atoms with Gasteiger partial charge in [-0.2, -0.15) is 0 Å². The van der Waals surface area contributed by atoms with Crippen LogP contribution in [0, 0.1) is 18.8 Å². The number of carbonyl (C=O) groups excluding carboxylic acids is 3. The van der Waals surface area contributed by atoms with E-state index in [4.69, 9.17) is 0 Å². The smallest absolute Gasteiger partial charge is 0.325 e. The molecule has 35 heavy (non-hydrogen) atoms. The molecule has 0 spiro atoms. The highest BCUT2D eigenvalue weighted by molar-refractivity contribution is 6.11. The van der Waals surface area contributed by atoms with Gasteiger partial charge in [0.05, 0.1) is 6.42 Å². The number of anilines is 1. The molecule has 186 valence electrons. The van der Waals surface area contributed by atoms with Crippen molar-refractivity contribution in [1.29, 1.82) is 0 Å². The number of likely N-dealkylation sites (tertiary alicyclic amines) is 1. The fourth-order valence-corrected chi connectivity index (χ4v) is 5.00. The molecule has 2 atom stereocenters. The number of nitrogens with one attached hydrogen (secondary N) is 1. The highest BCUT2D eigenvalue weighted by Crippen LogP contribution is 2.40. The van der Waals surface area contributed by atoms with Crippen LogP contribution >= 0.6 is 0 Å². The maximum Gasteiger partial charge on any atom is 0.325 e. The summed E-state index contributed by atoms with van der Waals surface area (Å²) in [5.74, 6) is 0.492. The van der Waals surface area contributed by atoms with E-state index in [-0.39, 0.29) is 24.3 Å². The van der Waals surface area contributed by atoms with E-state index in [1.807, 2.05) is 19.1 Å². The van der Waals surface area contributed by atoms with Crippen molar-refractivity contribution in [3.05, 3.63) is 54.6 Å². The van der Waals surface area contributed by atoms with Gasteiger partial charge in [-0.05, 0) is 74.3 Å². The molecule has 8 nitrogen and oxygen atoms in total. The molecule has 0 bridgehead atoms. The van der Waals surface area contributed by atoms with Crippen molar-refractivity contribution in [3.63, 3.8) is 0 Å². The van der Waals surface area contributed by atoms with E-state index in [1.54, 1.807) is 44.0 Å². The zero-order valence-electron chi connectivity index (χ0n) is 20.6. The van der Waals surface area contributed by atoms with E-state index in [2.05, 4.69) is 15.3 Å². The molecule has 4 amide bonds. The van der Waals surface area contributed by atoms with Gasteiger partial charge in [-0.25, -0.2) is 4.79 Å². The summed E-state index contributed by atoms with van der Waals surface area (Å²) in [5.41, 5.74) is 1.95. The normalized spacial score (nSPS) is 20.7. The Morgan fingerprint density at radius 1 is 0.943 bits per heavy atom. The molecule has 2 aliphatic carbocycles. The lowest BCUT2D eigenvalue weighted by atomic mass is 9.82. The predicted molar refractivity (Wildman–Crippen MR) is 133 cm³/mol. The molecule has 2 aromatic heterocycles. The first-order chi connectivity index (χ1) is 17.0. The zero-order valence-corrected chi connectivity index (χ0v) is 20.6. The average Bonchev–Trinajstić information content (AvgIpc) is 3.72. The monoisotopic (exact) mass is 477 g/mol. The van der Waals surface area contributed by atoms with Crippen LogP contribution in [0.5, 0.6) is 0 Å². The Balaban J connectivity index is 0.000000356. The van der Waals surface area contributed by atoms with Crippen molar-refractivity contribution in [1.82, 2.24) is 20.2 Å². The Labute approximate surface area is 207 Å². The topological polar surface area (TPSA) is 95.5 Å². The fourth-order valence-electron chi connectivity index (χ4n) is 5.00. The molecule has 0 radical (unpaired) electrons. The molecule has 1 aliphatic heterocycles. The molecule has 5 rings (SSSR count). The lowest BCUT2D eigenvalue weighted by Gasteiger charge is -2.41. The van der Waals surface area contributed by atoms with Gasteiger partial charge in [-0.3, -0.25) is 24.5 Å². The number of likely N-dealkylation sites (N-methyl/N-ethyl adjacent to an activating group) is 1. The van der Waals surface area contributed by atoms with E-state index in [0.29, 0.717) is 17.5 Å². The number of imide groups is 1. The number of amides is 4. The van der Waals surface area contributed by atoms with Gasteiger partial charge in [0, 0.05) is 43.6 Å². The Bertz CT molecular complexity index is 1010. The van der Waals surface area contributed by atoms with E-state index in [0.717, 1.165) is 30.6 Å². The standard InChI is InChI=1S/C21H28N4O3.C6H7N/c1-24(16-9-11-22-12-10-16)20(27)17-13-18(26)25(17)21(28)23-19(15-7-8-15)14-5-3-2-4-6-14;1-6-2-4-7-5-3-6/h9-12,14-15,17,19H,2-8,13H2,1H3,(H,23,28);2-5H,1H3. The molecule has 3 fully saturated rings. The summed E-state index contributed by atoms with van der Waals surface area (Å²) in [5, 5.41) is 3.13. The first kappa shape index (κ1) is 24.8. The van der Waals surface area contributed by atoms with Gasteiger partial charge in [-0.1, -0.05) is 19.3 Å². The zero-order chi connectivity index (χ0) is 24.8. The number of rotatable bonds is 5. The summed E-state index contributed by atoms with van der Waals surface area (Å²) in [4.78, 5) is 48.3. The van der Waals surface area contributed by atoms with Gasteiger partial charge in [0.15, 0.2) is 0 Å². The van der Waals surface area contributed by atoms with Crippen LogP contribution in [0.4, 0.5) is 10.5 Å². The van der Waals surface area contributed by atoms with Crippen LogP contribution in [-0.2, 0) is 9.59 Å². The Morgan fingerprint density at radius 2 is 1.51 bits per heavy atom. The maximum absolute atomic E-state index is 12.9.